The maximum atomic E-state index is 13.0. The zero-order chi connectivity index (χ0) is 11.5. The molecule has 0 saturated heterocycles. The number of benzene rings is 1. The lowest BCUT2D eigenvalue weighted by Gasteiger charge is -2.02. The highest BCUT2D eigenvalue weighted by molar-refractivity contribution is 5.77. The summed E-state index contributed by atoms with van der Waals surface area (Å²) < 4.78 is 25.9. The van der Waals surface area contributed by atoms with Crippen molar-refractivity contribution >= 4 is 6.29 Å². The lowest BCUT2D eigenvalue weighted by Crippen LogP contribution is -1.88. The standard InChI is InChI=1S/C12H7F2NO/c13-11-2-9(3-12(14)4-11)10-1-8(7-16)5-15-6-10/h1-7H. The zero-order valence-corrected chi connectivity index (χ0v) is 8.15. The fourth-order valence-electron chi connectivity index (χ4n) is 1.40. The maximum Gasteiger partial charge on any atom is 0.151 e. The highest BCUT2D eigenvalue weighted by atomic mass is 19.1. The molecular weight excluding hydrogens is 212 g/mol. The van der Waals surface area contributed by atoms with Gasteiger partial charge < -0.3 is 0 Å². The van der Waals surface area contributed by atoms with Crippen LogP contribution in [0, 0.1) is 11.6 Å². The second-order valence-corrected chi connectivity index (χ2v) is 3.28. The van der Waals surface area contributed by atoms with Crippen LogP contribution in [0.5, 0.6) is 0 Å². The molecular formula is C12H7F2NO. The van der Waals surface area contributed by atoms with E-state index in [1.807, 2.05) is 0 Å². The Labute approximate surface area is 90.6 Å². The number of pyridine rings is 1. The van der Waals surface area contributed by atoms with Crippen LogP contribution in [-0.4, -0.2) is 11.3 Å². The largest absolute Gasteiger partial charge is 0.298 e. The summed E-state index contributed by atoms with van der Waals surface area (Å²) in [6.07, 6.45) is 3.46. The molecule has 4 heteroatoms. The molecule has 16 heavy (non-hydrogen) atoms. The number of carbonyl (C=O) groups is 1. The van der Waals surface area contributed by atoms with Crippen molar-refractivity contribution in [3.8, 4) is 11.1 Å². The number of halogens is 2. The first-order valence-electron chi connectivity index (χ1n) is 4.56. The Balaban J connectivity index is 2.53. The molecule has 0 atom stereocenters. The number of aromatic nitrogens is 1. The van der Waals surface area contributed by atoms with Crippen LogP contribution in [0.4, 0.5) is 8.78 Å². The molecule has 0 aliphatic carbocycles. The quantitative estimate of drug-likeness (QED) is 0.727. The third-order valence-corrected chi connectivity index (χ3v) is 2.09. The van der Waals surface area contributed by atoms with Gasteiger partial charge in [-0.1, -0.05) is 0 Å². The van der Waals surface area contributed by atoms with E-state index in [2.05, 4.69) is 4.98 Å². The van der Waals surface area contributed by atoms with Crippen LogP contribution in [0.3, 0.4) is 0 Å². The molecule has 2 aromatic rings. The van der Waals surface area contributed by atoms with E-state index in [4.69, 9.17) is 0 Å². The lowest BCUT2D eigenvalue weighted by molar-refractivity contribution is 0.112. The van der Waals surface area contributed by atoms with E-state index in [0.29, 0.717) is 23.0 Å². The Bertz CT molecular complexity index is 520. The molecule has 2 rings (SSSR count). The second-order valence-electron chi connectivity index (χ2n) is 3.28. The minimum atomic E-state index is -0.661. The summed E-state index contributed by atoms with van der Waals surface area (Å²) in [5.74, 6) is -1.32. The lowest BCUT2D eigenvalue weighted by atomic mass is 10.1. The molecule has 0 bridgehead atoms. The topological polar surface area (TPSA) is 30.0 Å². The molecule has 0 fully saturated rings. The van der Waals surface area contributed by atoms with Crippen molar-refractivity contribution in [3.05, 3.63) is 53.9 Å². The van der Waals surface area contributed by atoms with Gasteiger partial charge >= 0.3 is 0 Å². The van der Waals surface area contributed by atoms with E-state index in [-0.39, 0.29) is 0 Å². The van der Waals surface area contributed by atoms with Crippen molar-refractivity contribution in [3.63, 3.8) is 0 Å². The molecule has 0 amide bonds. The van der Waals surface area contributed by atoms with Crippen LogP contribution in [0.2, 0.25) is 0 Å². The molecule has 2 nitrogen and oxygen atoms in total. The van der Waals surface area contributed by atoms with Crippen LogP contribution in [0.1, 0.15) is 10.4 Å². The first kappa shape index (κ1) is 10.4. The molecule has 0 spiro atoms. The molecule has 0 aliphatic heterocycles. The van der Waals surface area contributed by atoms with Crippen LogP contribution >= 0.6 is 0 Å². The van der Waals surface area contributed by atoms with Gasteiger partial charge in [-0.25, -0.2) is 8.78 Å². The summed E-state index contributed by atoms with van der Waals surface area (Å²) in [5, 5.41) is 0. The number of hydrogen-bond donors (Lipinski definition) is 0. The van der Waals surface area contributed by atoms with E-state index in [0.717, 1.165) is 6.07 Å². The maximum absolute atomic E-state index is 13.0. The van der Waals surface area contributed by atoms with Crippen molar-refractivity contribution in [2.24, 2.45) is 0 Å². The molecule has 0 radical (unpaired) electrons. The molecule has 1 aromatic carbocycles. The first-order chi connectivity index (χ1) is 7.69. The number of rotatable bonds is 2. The third kappa shape index (κ3) is 2.11. The fourth-order valence-corrected chi connectivity index (χ4v) is 1.40. The second kappa shape index (κ2) is 4.18. The molecule has 80 valence electrons. The highest BCUT2D eigenvalue weighted by Crippen LogP contribution is 2.21. The molecule has 1 heterocycles. The van der Waals surface area contributed by atoms with Gasteiger partial charge in [-0.15, -0.1) is 0 Å². The average Bonchev–Trinajstić information content (AvgIpc) is 2.28. The number of aldehydes is 1. The molecule has 0 unspecified atom stereocenters. The summed E-state index contributed by atoms with van der Waals surface area (Å²) in [7, 11) is 0. The van der Waals surface area contributed by atoms with Gasteiger partial charge in [0.15, 0.2) is 6.29 Å². The fraction of sp³-hybridized carbons (Fsp3) is 0. The Morgan fingerprint density at radius 1 is 0.938 bits per heavy atom. The SMILES string of the molecule is O=Cc1cncc(-c2cc(F)cc(F)c2)c1. The van der Waals surface area contributed by atoms with Crippen molar-refractivity contribution in [1.82, 2.24) is 4.98 Å². The van der Waals surface area contributed by atoms with Crippen LogP contribution < -0.4 is 0 Å². The Morgan fingerprint density at radius 3 is 2.25 bits per heavy atom. The first-order valence-corrected chi connectivity index (χ1v) is 4.56. The van der Waals surface area contributed by atoms with E-state index < -0.39 is 11.6 Å². The normalized spacial score (nSPS) is 10.1. The predicted molar refractivity (Wildman–Crippen MR) is 55.0 cm³/mol. The van der Waals surface area contributed by atoms with E-state index in [9.17, 15) is 13.6 Å². The summed E-state index contributed by atoms with van der Waals surface area (Å²) in [6, 6.07) is 4.69. The molecule has 0 N–H and O–H groups in total. The summed E-state index contributed by atoms with van der Waals surface area (Å²) in [4.78, 5) is 14.4. The Morgan fingerprint density at radius 2 is 1.62 bits per heavy atom. The van der Waals surface area contributed by atoms with E-state index in [1.165, 1.54) is 30.6 Å². The Kier molecular flexibility index (Phi) is 2.72. The monoisotopic (exact) mass is 219 g/mol. The molecule has 0 saturated carbocycles. The van der Waals surface area contributed by atoms with Gasteiger partial charge in [-0.05, 0) is 23.8 Å². The molecule has 0 aliphatic rings. The predicted octanol–water partition coefficient (Wildman–Crippen LogP) is 2.84. The van der Waals surface area contributed by atoms with Gasteiger partial charge in [-0.2, -0.15) is 0 Å². The number of nitrogens with zero attached hydrogens (tertiary/aromatic N) is 1. The van der Waals surface area contributed by atoms with Gasteiger partial charge in [0.1, 0.15) is 11.6 Å². The minimum Gasteiger partial charge on any atom is -0.298 e. The number of carbonyl (C=O) groups excluding carboxylic acids is 1. The van der Waals surface area contributed by atoms with E-state index >= 15 is 0 Å². The van der Waals surface area contributed by atoms with Gasteiger partial charge in [0.05, 0.1) is 0 Å². The van der Waals surface area contributed by atoms with Gasteiger partial charge in [-0.3, -0.25) is 9.78 Å². The third-order valence-electron chi connectivity index (χ3n) is 2.09. The molecule has 1 aromatic heterocycles. The van der Waals surface area contributed by atoms with Crippen LogP contribution in [-0.2, 0) is 0 Å². The van der Waals surface area contributed by atoms with Crippen molar-refractivity contribution in [1.29, 1.82) is 0 Å². The smallest absolute Gasteiger partial charge is 0.151 e. The summed E-state index contributed by atoms with van der Waals surface area (Å²) >= 11 is 0. The van der Waals surface area contributed by atoms with Crippen LogP contribution in [0.25, 0.3) is 11.1 Å². The number of hydrogen-bond acceptors (Lipinski definition) is 2. The van der Waals surface area contributed by atoms with E-state index in [1.54, 1.807) is 0 Å². The highest BCUT2D eigenvalue weighted by Gasteiger charge is 2.04. The minimum absolute atomic E-state index is 0.355. The summed E-state index contributed by atoms with van der Waals surface area (Å²) in [5.41, 5.74) is 1.22. The van der Waals surface area contributed by atoms with Gasteiger partial charge in [0, 0.05) is 29.6 Å². The Hall–Kier alpha value is -2.10. The van der Waals surface area contributed by atoms with Crippen molar-refractivity contribution in [2.75, 3.05) is 0 Å². The average molecular weight is 219 g/mol. The van der Waals surface area contributed by atoms with Gasteiger partial charge in [0.2, 0.25) is 0 Å². The van der Waals surface area contributed by atoms with Gasteiger partial charge in [0.25, 0.3) is 0 Å². The summed E-state index contributed by atoms with van der Waals surface area (Å²) in [6.45, 7) is 0. The van der Waals surface area contributed by atoms with Crippen molar-refractivity contribution in [2.45, 2.75) is 0 Å². The zero-order valence-electron chi connectivity index (χ0n) is 8.15. The van der Waals surface area contributed by atoms with Crippen LogP contribution in [0.15, 0.2) is 36.7 Å². The van der Waals surface area contributed by atoms with Crippen molar-refractivity contribution < 1.29 is 13.6 Å².